The molecule has 0 atom stereocenters. The number of anilines is 1. The molecule has 0 spiro atoms. The highest BCUT2D eigenvalue weighted by molar-refractivity contribution is 5.95. The zero-order valence-corrected chi connectivity index (χ0v) is 18.0. The second-order valence-corrected chi connectivity index (χ2v) is 6.82. The molecule has 0 aliphatic rings. The molecule has 1 N–H and O–H groups in total. The first-order chi connectivity index (χ1) is 16.3. The van der Waals surface area contributed by atoms with E-state index in [1.165, 1.54) is 19.4 Å². The third-order valence-electron chi connectivity index (χ3n) is 4.33. The van der Waals surface area contributed by atoms with Gasteiger partial charge in [0, 0.05) is 13.2 Å². The minimum atomic E-state index is -4.62. The zero-order chi connectivity index (χ0) is 24.6. The van der Waals surface area contributed by atoms with Crippen molar-refractivity contribution in [1.82, 2.24) is 9.97 Å². The van der Waals surface area contributed by atoms with Gasteiger partial charge in [0.1, 0.15) is 12.4 Å². The minimum absolute atomic E-state index is 0.0134. The monoisotopic (exact) mass is 475 g/mol. The summed E-state index contributed by atoms with van der Waals surface area (Å²) in [6.45, 7) is -0.470. The minimum Gasteiger partial charge on any atom is -0.489 e. The van der Waals surface area contributed by atoms with Crippen LogP contribution >= 0.6 is 0 Å². The van der Waals surface area contributed by atoms with E-state index in [4.69, 9.17) is 14.2 Å². The Hall–Kier alpha value is -3.99. The molecule has 34 heavy (non-hydrogen) atoms. The number of nitrogens with one attached hydrogen (secondary N) is 1. The maximum atomic E-state index is 13.0. The Morgan fingerprint density at radius 1 is 1.09 bits per heavy atom. The van der Waals surface area contributed by atoms with Crippen LogP contribution in [-0.2, 0) is 25.2 Å². The summed E-state index contributed by atoms with van der Waals surface area (Å²) in [7, 11) is 1.44. The van der Waals surface area contributed by atoms with E-state index in [1.807, 2.05) is 6.07 Å². The molecule has 3 rings (SSSR count). The molecule has 1 heterocycles. The Morgan fingerprint density at radius 2 is 1.85 bits per heavy atom. The van der Waals surface area contributed by atoms with Crippen LogP contribution in [0, 0.1) is 0 Å². The number of amides is 1. The van der Waals surface area contributed by atoms with E-state index in [2.05, 4.69) is 15.3 Å². The summed E-state index contributed by atoms with van der Waals surface area (Å²) in [5.41, 5.74) is 0.551. The van der Waals surface area contributed by atoms with Crippen LogP contribution in [0.1, 0.15) is 11.3 Å². The lowest BCUT2D eigenvalue weighted by Crippen LogP contribution is -2.21. The van der Waals surface area contributed by atoms with E-state index >= 15 is 0 Å². The van der Waals surface area contributed by atoms with Crippen LogP contribution in [0.3, 0.4) is 0 Å². The molecule has 0 radical (unpaired) electrons. The molecule has 3 aromatic rings. The number of rotatable bonds is 9. The average molecular weight is 475 g/mol. The van der Waals surface area contributed by atoms with Gasteiger partial charge in [-0.3, -0.25) is 9.78 Å². The van der Waals surface area contributed by atoms with Crippen LogP contribution in [0.15, 0.2) is 54.7 Å². The van der Waals surface area contributed by atoms with Crippen molar-refractivity contribution in [3.63, 3.8) is 0 Å². The number of aromatic nitrogens is 2. The number of nitrogens with zero attached hydrogens (tertiary/aromatic N) is 2. The topological polar surface area (TPSA) is 99.6 Å². The number of hydrogen-bond acceptors (Lipinski definition) is 7. The largest absolute Gasteiger partial charge is 0.489 e. The van der Waals surface area contributed by atoms with Crippen LogP contribution in [0.25, 0.3) is 17.1 Å². The summed E-state index contributed by atoms with van der Waals surface area (Å²) in [5, 5.41) is 2.27. The maximum Gasteiger partial charge on any atom is 0.416 e. The molecule has 8 nitrogen and oxygen atoms in total. The number of para-hydroxylation sites is 2. The van der Waals surface area contributed by atoms with E-state index < -0.39 is 30.2 Å². The van der Waals surface area contributed by atoms with Gasteiger partial charge < -0.3 is 19.5 Å². The number of ether oxygens (including phenoxy) is 3. The standard InChI is InChI=1S/C23H20F3N3O5/c1-32-10-11-33-20-8-6-15(23(24,25)26)12-19(20)29-21(30)14-34-22(31)9-7-16-13-27-17-4-2-3-5-18(17)28-16/h2-9,12-13H,10-11,14H2,1H3,(H,29,30)/b9-7+. The quantitative estimate of drug-likeness (QED) is 0.285. The van der Waals surface area contributed by atoms with Crippen molar-refractivity contribution in [2.75, 3.05) is 32.2 Å². The number of methoxy groups -OCH3 is 1. The number of esters is 1. The van der Waals surface area contributed by atoms with Crippen molar-refractivity contribution in [3.05, 3.63) is 66.0 Å². The predicted molar refractivity (Wildman–Crippen MR) is 117 cm³/mol. The molecule has 1 aromatic heterocycles. The van der Waals surface area contributed by atoms with Crippen LogP contribution in [0.4, 0.5) is 18.9 Å². The predicted octanol–water partition coefficient (Wildman–Crippen LogP) is 3.87. The third-order valence-corrected chi connectivity index (χ3v) is 4.33. The molecule has 0 saturated carbocycles. The molecule has 0 aliphatic heterocycles. The second kappa shape index (κ2) is 11.2. The van der Waals surface area contributed by atoms with Crippen LogP contribution in [-0.4, -0.2) is 48.8 Å². The van der Waals surface area contributed by atoms with Crippen molar-refractivity contribution in [3.8, 4) is 5.75 Å². The fraction of sp³-hybridized carbons (Fsp3) is 0.217. The highest BCUT2D eigenvalue weighted by Gasteiger charge is 2.31. The summed E-state index contributed by atoms with van der Waals surface area (Å²) in [4.78, 5) is 32.6. The number of alkyl halides is 3. The fourth-order valence-corrected chi connectivity index (χ4v) is 2.74. The van der Waals surface area contributed by atoms with Gasteiger partial charge in [0.2, 0.25) is 0 Å². The van der Waals surface area contributed by atoms with Crippen LogP contribution < -0.4 is 10.1 Å². The molecule has 11 heteroatoms. The molecule has 0 aliphatic carbocycles. The molecule has 0 bridgehead atoms. The van der Waals surface area contributed by atoms with Crippen molar-refractivity contribution in [1.29, 1.82) is 0 Å². The second-order valence-electron chi connectivity index (χ2n) is 6.82. The number of fused-ring (bicyclic) bond motifs is 1. The molecule has 178 valence electrons. The number of carbonyl (C=O) groups is 2. The van der Waals surface area contributed by atoms with Gasteiger partial charge in [-0.25, -0.2) is 9.78 Å². The summed E-state index contributed by atoms with van der Waals surface area (Å²) < 4.78 is 54.2. The Balaban J connectivity index is 1.60. The molecule has 1 amide bonds. The van der Waals surface area contributed by atoms with Gasteiger partial charge in [-0.2, -0.15) is 13.2 Å². The Labute approximate surface area is 192 Å². The highest BCUT2D eigenvalue weighted by Crippen LogP contribution is 2.35. The van der Waals surface area contributed by atoms with Crippen LogP contribution in [0.2, 0.25) is 0 Å². The lowest BCUT2D eigenvalue weighted by Gasteiger charge is -2.15. The first-order valence-electron chi connectivity index (χ1n) is 9.96. The number of halogens is 3. The van der Waals surface area contributed by atoms with Gasteiger partial charge in [-0.15, -0.1) is 0 Å². The Bertz CT molecular complexity index is 1200. The first kappa shape index (κ1) is 24.6. The maximum absolute atomic E-state index is 13.0. The Kier molecular flexibility index (Phi) is 8.14. The van der Waals surface area contributed by atoms with Gasteiger partial charge in [-0.1, -0.05) is 12.1 Å². The van der Waals surface area contributed by atoms with Crippen LogP contribution in [0.5, 0.6) is 5.75 Å². The molecular weight excluding hydrogens is 455 g/mol. The van der Waals surface area contributed by atoms with E-state index in [0.717, 1.165) is 24.3 Å². The molecule has 0 fully saturated rings. The SMILES string of the molecule is COCCOc1ccc(C(F)(F)F)cc1NC(=O)COC(=O)/C=C/c1cnc2ccccc2n1. The molecule has 0 unspecified atom stereocenters. The van der Waals surface area contributed by atoms with Gasteiger partial charge in [0.15, 0.2) is 6.61 Å². The number of carbonyl (C=O) groups excluding carboxylic acids is 2. The number of benzene rings is 2. The highest BCUT2D eigenvalue weighted by atomic mass is 19.4. The van der Waals surface area contributed by atoms with E-state index in [-0.39, 0.29) is 24.7 Å². The lowest BCUT2D eigenvalue weighted by molar-refractivity contribution is -0.142. The average Bonchev–Trinajstić information content (AvgIpc) is 2.81. The Morgan fingerprint density at radius 3 is 2.59 bits per heavy atom. The molecule has 2 aromatic carbocycles. The first-order valence-corrected chi connectivity index (χ1v) is 9.96. The van der Waals surface area contributed by atoms with Gasteiger partial charge in [-0.05, 0) is 36.4 Å². The van der Waals surface area contributed by atoms with E-state index in [9.17, 15) is 22.8 Å². The zero-order valence-electron chi connectivity index (χ0n) is 18.0. The molecular formula is C23H20F3N3O5. The summed E-state index contributed by atoms with van der Waals surface area (Å²) in [6, 6.07) is 9.84. The van der Waals surface area contributed by atoms with E-state index in [0.29, 0.717) is 16.7 Å². The lowest BCUT2D eigenvalue weighted by atomic mass is 10.1. The van der Waals surface area contributed by atoms with Gasteiger partial charge in [0.25, 0.3) is 5.91 Å². The normalized spacial score (nSPS) is 11.5. The van der Waals surface area contributed by atoms with E-state index in [1.54, 1.807) is 18.2 Å². The van der Waals surface area contributed by atoms with Crippen molar-refractivity contribution in [2.24, 2.45) is 0 Å². The van der Waals surface area contributed by atoms with Crippen molar-refractivity contribution >= 4 is 34.7 Å². The van der Waals surface area contributed by atoms with Gasteiger partial charge >= 0.3 is 12.1 Å². The summed E-state index contributed by atoms with van der Waals surface area (Å²) >= 11 is 0. The van der Waals surface area contributed by atoms with Crippen molar-refractivity contribution < 1.29 is 37.0 Å². The van der Waals surface area contributed by atoms with Gasteiger partial charge in [0.05, 0.1) is 40.8 Å². The third kappa shape index (κ3) is 7.01. The molecule has 0 saturated heterocycles. The van der Waals surface area contributed by atoms with Crippen molar-refractivity contribution in [2.45, 2.75) is 6.18 Å². The smallest absolute Gasteiger partial charge is 0.416 e. The summed E-state index contributed by atoms with van der Waals surface area (Å²) in [6.07, 6.45) is -0.713. The fourth-order valence-electron chi connectivity index (χ4n) is 2.74. The number of hydrogen-bond donors (Lipinski definition) is 1. The summed E-state index contributed by atoms with van der Waals surface area (Å²) in [5.74, 6) is -1.67.